The van der Waals surface area contributed by atoms with Crippen LogP contribution in [0.1, 0.15) is 29.2 Å². The van der Waals surface area contributed by atoms with Gasteiger partial charge in [0.25, 0.3) is 0 Å². The molecular weight excluding hydrogens is 262 g/mol. The van der Waals surface area contributed by atoms with Crippen LogP contribution >= 0.6 is 0 Å². The van der Waals surface area contributed by atoms with E-state index >= 15 is 0 Å². The van der Waals surface area contributed by atoms with Crippen LogP contribution in [0.2, 0.25) is 0 Å². The standard InChI is InChI=1S/C18H23NO2/c1-4-21-18-9-8-17(10-16(18)12-20)19-11-15-7-5-6-13(2)14(15)3/h5-10,19-20H,4,11-12H2,1-3H3. The van der Waals surface area contributed by atoms with E-state index in [1.54, 1.807) is 0 Å². The number of aryl methyl sites for hydroxylation is 1. The summed E-state index contributed by atoms with van der Waals surface area (Å²) in [4.78, 5) is 0. The van der Waals surface area contributed by atoms with E-state index in [1.807, 2.05) is 25.1 Å². The van der Waals surface area contributed by atoms with Crippen molar-refractivity contribution in [1.82, 2.24) is 0 Å². The molecule has 2 aromatic carbocycles. The number of benzene rings is 2. The molecule has 0 fully saturated rings. The monoisotopic (exact) mass is 285 g/mol. The van der Waals surface area contributed by atoms with Gasteiger partial charge in [0.15, 0.2) is 0 Å². The summed E-state index contributed by atoms with van der Waals surface area (Å²) >= 11 is 0. The van der Waals surface area contributed by atoms with E-state index in [2.05, 4.69) is 37.4 Å². The fourth-order valence-electron chi connectivity index (χ4n) is 2.31. The first-order valence-corrected chi connectivity index (χ1v) is 7.31. The third-order valence-corrected chi connectivity index (χ3v) is 3.73. The van der Waals surface area contributed by atoms with Gasteiger partial charge in [-0.25, -0.2) is 0 Å². The molecule has 0 saturated heterocycles. The lowest BCUT2D eigenvalue weighted by Crippen LogP contribution is -2.04. The van der Waals surface area contributed by atoms with Gasteiger partial charge in [-0.15, -0.1) is 0 Å². The van der Waals surface area contributed by atoms with Crippen molar-refractivity contribution in [1.29, 1.82) is 0 Å². The quantitative estimate of drug-likeness (QED) is 0.848. The summed E-state index contributed by atoms with van der Waals surface area (Å²) in [5.41, 5.74) is 5.70. The van der Waals surface area contributed by atoms with Gasteiger partial charge in [0.05, 0.1) is 13.2 Å². The summed E-state index contributed by atoms with van der Waals surface area (Å²) in [5, 5.41) is 12.8. The first kappa shape index (κ1) is 15.4. The molecule has 21 heavy (non-hydrogen) atoms. The Morgan fingerprint density at radius 3 is 2.62 bits per heavy atom. The fourth-order valence-corrected chi connectivity index (χ4v) is 2.31. The van der Waals surface area contributed by atoms with Gasteiger partial charge in [-0.3, -0.25) is 0 Å². The average Bonchev–Trinajstić information content (AvgIpc) is 2.50. The number of hydrogen-bond acceptors (Lipinski definition) is 3. The van der Waals surface area contributed by atoms with Crippen molar-refractivity contribution in [3.05, 3.63) is 58.7 Å². The SMILES string of the molecule is CCOc1ccc(NCc2cccc(C)c2C)cc1CO. The number of aliphatic hydroxyl groups is 1. The minimum Gasteiger partial charge on any atom is -0.494 e. The summed E-state index contributed by atoms with van der Waals surface area (Å²) < 4.78 is 5.49. The van der Waals surface area contributed by atoms with Crippen molar-refractivity contribution < 1.29 is 9.84 Å². The third-order valence-electron chi connectivity index (χ3n) is 3.73. The van der Waals surface area contributed by atoms with Crippen LogP contribution in [-0.2, 0) is 13.2 Å². The molecule has 2 aromatic rings. The molecule has 2 N–H and O–H groups in total. The van der Waals surface area contributed by atoms with Gasteiger partial charge in [-0.2, -0.15) is 0 Å². The van der Waals surface area contributed by atoms with Crippen LogP contribution in [0.4, 0.5) is 5.69 Å². The summed E-state index contributed by atoms with van der Waals surface area (Å²) in [5.74, 6) is 0.747. The smallest absolute Gasteiger partial charge is 0.124 e. The maximum absolute atomic E-state index is 9.43. The molecular formula is C18H23NO2. The zero-order valence-electron chi connectivity index (χ0n) is 12.9. The highest BCUT2D eigenvalue weighted by molar-refractivity contribution is 5.51. The largest absolute Gasteiger partial charge is 0.494 e. The first-order chi connectivity index (χ1) is 10.2. The second kappa shape index (κ2) is 7.14. The van der Waals surface area contributed by atoms with Crippen LogP contribution in [0.3, 0.4) is 0 Å². The molecule has 0 aliphatic heterocycles. The van der Waals surface area contributed by atoms with Gasteiger partial charge in [0.1, 0.15) is 5.75 Å². The first-order valence-electron chi connectivity index (χ1n) is 7.31. The number of aliphatic hydroxyl groups excluding tert-OH is 1. The molecule has 0 aliphatic carbocycles. The molecule has 0 aromatic heterocycles. The van der Waals surface area contributed by atoms with Gasteiger partial charge >= 0.3 is 0 Å². The summed E-state index contributed by atoms with van der Waals surface area (Å²) in [6.45, 7) is 7.56. The molecule has 0 radical (unpaired) electrons. The van der Waals surface area contributed by atoms with Gasteiger partial charge in [0.2, 0.25) is 0 Å². The average molecular weight is 285 g/mol. The van der Waals surface area contributed by atoms with E-state index in [-0.39, 0.29) is 6.61 Å². The van der Waals surface area contributed by atoms with Crippen LogP contribution in [0.25, 0.3) is 0 Å². The van der Waals surface area contributed by atoms with Gasteiger partial charge in [0, 0.05) is 17.8 Å². The van der Waals surface area contributed by atoms with Gasteiger partial charge < -0.3 is 15.2 Å². The highest BCUT2D eigenvalue weighted by Gasteiger charge is 2.05. The predicted molar refractivity (Wildman–Crippen MR) is 86.8 cm³/mol. The normalized spacial score (nSPS) is 10.5. The molecule has 0 amide bonds. The van der Waals surface area contributed by atoms with E-state index in [1.165, 1.54) is 16.7 Å². The summed E-state index contributed by atoms with van der Waals surface area (Å²) in [7, 11) is 0. The zero-order valence-corrected chi connectivity index (χ0v) is 12.9. The Morgan fingerprint density at radius 1 is 1.10 bits per heavy atom. The molecule has 0 unspecified atom stereocenters. The molecule has 112 valence electrons. The number of anilines is 1. The molecule has 0 bridgehead atoms. The molecule has 0 aliphatic rings. The van der Waals surface area contributed by atoms with E-state index in [0.29, 0.717) is 6.61 Å². The molecule has 3 heteroatoms. The molecule has 3 nitrogen and oxygen atoms in total. The Bertz CT molecular complexity index is 608. The van der Waals surface area contributed by atoms with Gasteiger partial charge in [-0.05, 0) is 55.7 Å². The van der Waals surface area contributed by atoms with Crippen LogP contribution in [-0.4, -0.2) is 11.7 Å². The Kier molecular flexibility index (Phi) is 5.23. The Morgan fingerprint density at radius 2 is 1.90 bits per heavy atom. The molecule has 0 atom stereocenters. The lowest BCUT2D eigenvalue weighted by Gasteiger charge is -2.13. The maximum Gasteiger partial charge on any atom is 0.124 e. The Balaban J connectivity index is 2.11. The van der Waals surface area contributed by atoms with Crippen LogP contribution < -0.4 is 10.1 Å². The number of hydrogen-bond donors (Lipinski definition) is 2. The predicted octanol–water partition coefficient (Wildman–Crippen LogP) is 3.81. The Labute approximate surface area is 126 Å². The Hall–Kier alpha value is -2.00. The number of nitrogens with one attached hydrogen (secondary N) is 1. The topological polar surface area (TPSA) is 41.5 Å². The molecule has 0 saturated carbocycles. The molecule has 0 heterocycles. The van der Waals surface area contributed by atoms with Crippen molar-refractivity contribution in [2.45, 2.75) is 33.9 Å². The summed E-state index contributed by atoms with van der Waals surface area (Å²) in [6, 6.07) is 12.2. The van der Waals surface area contributed by atoms with Crippen molar-refractivity contribution in [2.75, 3.05) is 11.9 Å². The fraction of sp³-hybridized carbons (Fsp3) is 0.333. The zero-order chi connectivity index (χ0) is 15.2. The van der Waals surface area contributed by atoms with Crippen molar-refractivity contribution in [3.8, 4) is 5.75 Å². The lowest BCUT2D eigenvalue weighted by atomic mass is 10.0. The third kappa shape index (κ3) is 3.76. The van der Waals surface area contributed by atoms with E-state index < -0.39 is 0 Å². The summed E-state index contributed by atoms with van der Waals surface area (Å²) in [6.07, 6.45) is 0. The minimum atomic E-state index is -0.0195. The van der Waals surface area contributed by atoms with Crippen molar-refractivity contribution in [2.24, 2.45) is 0 Å². The lowest BCUT2D eigenvalue weighted by molar-refractivity contribution is 0.267. The molecule has 2 rings (SSSR count). The molecule has 0 spiro atoms. The van der Waals surface area contributed by atoms with Crippen LogP contribution in [0.15, 0.2) is 36.4 Å². The second-order valence-electron chi connectivity index (χ2n) is 5.13. The number of rotatable bonds is 6. The highest BCUT2D eigenvalue weighted by Crippen LogP contribution is 2.24. The van der Waals surface area contributed by atoms with Crippen LogP contribution in [0.5, 0.6) is 5.75 Å². The van der Waals surface area contributed by atoms with Crippen molar-refractivity contribution >= 4 is 5.69 Å². The highest BCUT2D eigenvalue weighted by atomic mass is 16.5. The minimum absolute atomic E-state index is 0.0195. The van der Waals surface area contributed by atoms with Gasteiger partial charge in [-0.1, -0.05) is 18.2 Å². The number of ether oxygens (including phenoxy) is 1. The van der Waals surface area contributed by atoms with Crippen LogP contribution in [0, 0.1) is 13.8 Å². The van der Waals surface area contributed by atoms with E-state index in [9.17, 15) is 5.11 Å². The van der Waals surface area contributed by atoms with Crippen molar-refractivity contribution in [3.63, 3.8) is 0 Å². The second-order valence-corrected chi connectivity index (χ2v) is 5.13. The maximum atomic E-state index is 9.43. The van der Waals surface area contributed by atoms with E-state index in [0.717, 1.165) is 23.5 Å². The van der Waals surface area contributed by atoms with E-state index in [4.69, 9.17) is 4.74 Å².